The van der Waals surface area contributed by atoms with Crippen molar-refractivity contribution >= 4 is 39.2 Å². The number of nitrogens with one attached hydrogen (secondary N) is 1. The standard InChI is InChI=1S/C12H15Cl2NO4S/c1-7(2)3-11(12(16)17)15-20(18,19)10-5-8(13)4-9(14)6-10/h4-7,11,15H,3H2,1-2H3,(H,16,17)/t11-/m1/s1. The van der Waals surface area contributed by atoms with Crippen LogP contribution in [0.15, 0.2) is 23.1 Å². The van der Waals surface area contributed by atoms with E-state index in [4.69, 9.17) is 28.3 Å². The molecule has 0 aliphatic heterocycles. The maximum Gasteiger partial charge on any atom is 0.321 e. The normalized spacial score (nSPS) is 13.4. The van der Waals surface area contributed by atoms with Gasteiger partial charge in [0.15, 0.2) is 0 Å². The largest absolute Gasteiger partial charge is 0.480 e. The van der Waals surface area contributed by atoms with Crippen molar-refractivity contribution in [2.45, 2.75) is 31.2 Å². The number of sulfonamides is 1. The number of carboxylic acids is 1. The van der Waals surface area contributed by atoms with Crippen LogP contribution in [0.2, 0.25) is 10.0 Å². The molecule has 0 fully saturated rings. The number of carbonyl (C=O) groups is 1. The predicted octanol–water partition coefficient (Wildman–Crippen LogP) is 2.77. The van der Waals surface area contributed by atoms with Crippen molar-refractivity contribution in [1.82, 2.24) is 4.72 Å². The Balaban J connectivity index is 3.06. The molecule has 20 heavy (non-hydrogen) atoms. The molecule has 0 radical (unpaired) electrons. The van der Waals surface area contributed by atoms with Crippen molar-refractivity contribution in [2.24, 2.45) is 5.92 Å². The third kappa shape index (κ3) is 4.94. The molecule has 0 amide bonds. The monoisotopic (exact) mass is 339 g/mol. The summed E-state index contributed by atoms with van der Waals surface area (Å²) in [5.74, 6) is -1.20. The molecular weight excluding hydrogens is 325 g/mol. The summed E-state index contributed by atoms with van der Waals surface area (Å²) in [6.07, 6.45) is 0.183. The summed E-state index contributed by atoms with van der Waals surface area (Å²) in [5, 5.41) is 9.38. The first-order valence-corrected chi connectivity index (χ1v) is 8.07. The molecule has 112 valence electrons. The fraction of sp³-hybridized carbons (Fsp3) is 0.417. The number of aliphatic carboxylic acids is 1. The molecule has 0 bridgehead atoms. The fourth-order valence-electron chi connectivity index (χ4n) is 1.61. The van der Waals surface area contributed by atoms with Crippen molar-refractivity contribution in [1.29, 1.82) is 0 Å². The van der Waals surface area contributed by atoms with E-state index in [2.05, 4.69) is 4.72 Å². The first-order valence-electron chi connectivity index (χ1n) is 5.83. The first kappa shape index (κ1) is 17.2. The number of halogens is 2. The Bertz CT molecular complexity index is 581. The Hall–Kier alpha value is -0.820. The average molecular weight is 340 g/mol. The summed E-state index contributed by atoms with van der Waals surface area (Å²) in [6.45, 7) is 3.61. The summed E-state index contributed by atoms with van der Waals surface area (Å²) < 4.78 is 26.4. The number of hydrogen-bond donors (Lipinski definition) is 2. The molecule has 1 aromatic carbocycles. The molecule has 2 N–H and O–H groups in total. The molecule has 0 aromatic heterocycles. The minimum atomic E-state index is -3.99. The van der Waals surface area contributed by atoms with Gasteiger partial charge in [-0.05, 0) is 30.5 Å². The van der Waals surface area contributed by atoms with Gasteiger partial charge in [0.2, 0.25) is 10.0 Å². The Morgan fingerprint density at radius 1 is 1.25 bits per heavy atom. The quantitative estimate of drug-likeness (QED) is 0.834. The lowest BCUT2D eigenvalue weighted by atomic mass is 10.1. The summed E-state index contributed by atoms with van der Waals surface area (Å²) in [5.41, 5.74) is 0. The lowest BCUT2D eigenvalue weighted by Crippen LogP contribution is -2.41. The van der Waals surface area contributed by atoms with Crippen LogP contribution in [0.5, 0.6) is 0 Å². The van der Waals surface area contributed by atoms with Crippen molar-refractivity contribution in [3.8, 4) is 0 Å². The number of hydrogen-bond acceptors (Lipinski definition) is 3. The molecule has 1 rings (SSSR count). The highest BCUT2D eigenvalue weighted by atomic mass is 35.5. The van der Waals surface area contributed by atoms with Gasteiger partial charge < -0.3 is 5.11 Å². The van der Waals surface area contributed by atoms with Crippen LogP contribution in [-0.2, 0) is 14.8 Å². The summed E-state index contributed by atoms with van der Waals surface area (Å²) >= 11 is 11.5. The van der Waals surface area contributed by atoms with Gasteiger partial charge in [-0.1, -0.05) is 37.0 Å². The second-order valence-corrected chi connectivity index (χ2v) is 7.33. The van der Waals surface area contributed by atoms with Gasteiger partial charge in [0.25, 0.3) is 0 Å². The second-order valence-electron chi connectivity index (χ2n) is 4.75. The molecular formula is C12H15Cl2NO4S. The van der Waals surface area contributed by atoms with Gasteiger partial charge in [-0.25, -0.2) is 8.42 Å². The SMILES string of the molecule is CC(C)C[C@@H](NS(=O)(=O)c1cc(Cl)cc(Cl)c1)C(=O)O. The van der Waals surface area contributed by atoms with Gasteiger partial charge in [0, 0.05) is 10.0 Å². The Morgan fingerprint density at radius 3 is 2.15 bits per heavy atom. The molecule has 0 heterocycles. The average Bonchev–Trinajstić information content (AvgIpc) is 2.25. The Kier molecular flexibility index (Phi) is 5.82. The predicted molar refractivity (Wildman–Crippen MR) is 77.7 cm³/mol. The van der Waals surface area contributed by atoms with Crippen molar-refractivity contribution < 1.29 is 18.3 Å². The van der Waals surface area contributed by atoms with Crippen LogP contribution in [0.4, 0.5) is 0 Å². The van der Waals surface area contributed by atoms with Gasteiger partial charge in [0.05, 0.1) is 4.90 Å². The summed E-state index contributed by atoms with van der Waals surface area (Å²) in [6, 6.07) is 2.62. The van der Waals surface area contributed by atoms with Crippen LogP contribution in [0.3, 0.4) is 0 Å². The van der Waals surface area contributed by atoms with Crippen molar-refractivity contribution in [3.63, 3.8) is 0 Å². The van der Waals surface area contributed by atoms with Gasteiger partial charge >= 0.3 is 5.97 Å². The lowest BCUT2D eigenvalue weighted by Gasteiger charge is -2.16. The maximum absolute atomic E-state index is 12.1. The van der Waals surface area contributed by atoms with Crippen molar-refractivity contribution in [2.75, 3.05) is 0 Å². The first-order chi connectivity index (χ1) is 9.11. The van der Waals surface area contributed by atoms with Crippen LogP contribution in [-0.4, -0.2) is 25.5 Å². The highest BCUT2D eigenvalue weighted by Crippen LogP contribution is 2.22. The molecule has 0 unspecified atom stereocenters. The zero-order valence-electron chi connectivity index (χ0n) is 10.9. The van der Waals surface area contributed by atoms with E-state index in [1.807, 2.05) is 0 Å². The highest BCUT2D eigenvalue weighted by Gasteiger charge is 2.26. The third-order valence-electron chi connectivity index (χ3n) is 2.45. The molecule has 8 heteroatoms. The third-order valence-corrected chi connectivity index (χ3v) is 4.34. The maximum atomic E-state index is 12.1. The number of benzene rings is 1. The molecule has 0 aliphatic carbocycles. The zero-order chi connectivity index (χ0) is 15.5. The van der Waals surface area contributed by atoms with E-state index >= 15 is 0 Å². The smallest absolute Gasteiger partial charge is 0.321 e. The molecule has 0 saturated heterocycles. The number of rotatable bonds is 6. The van der Waals surface area contributed by atoms with Crippen molar-refractivity contribution in [3.05, 3.63) is 28.2 Å². The minimum absolute atomic E-state index is 0.0294. The summed E-state index contributed by atoms with van der Waals surface area (Å²) in [7, 11) is -3.99. The molecule has 1 aromatic rings. The van der Waals surface area contributed by atoms with Crippen LogP contribution < -0.4 is 4.72 Å². The van der Waals surface area contributed by atoms with E-state index in [1.165, 1.54) is 18.2 Å². The molecule has 0 aliphatic rings. The van der Waals surface area contributed by atoms with Crippen LogP contribution >= 0.6 is 23.2 Å². The van der Waals surface area contributed by atoms with E-state index in [1.54, 1.807) is 13.8 Å². The van der Waals surface area contributed by atoms with E-state index in [0.717, 1.165) is 0 Å². The Labute approximate surface area is 127 Å². The fourth-order valence-corrected chi connectivity index (χ4v) is 3.54. The van der Waals surface area contributed by atoms with Gasteiger partial charge in [-0.15, -0.1) is 0 Å². The lowest BCUT2D eigenvalue weighted by molar-refractivity contribution is -0.139. The molecule has 5 nitrogen and oxygen atoms in total. The van der Waals surface area contributed by atoms with E-state index in [9.17, 15) is 13.2 Å². The van der Waals surface area contributed by atoms with Gasteiger partial charge in [0.1, 0.15) is 6.04 Å². The van der Waals surface area contributed by atoms with E-state index in [-0.39, 0.29) is 27.3 Å². The Morgan fingerprint density at radius 2 is 1.75 bits per heavy atom. The zero-order valence-corrected chi connectivity index (χ0v) is 13.3. The van der Waals surface area contributed by atoms with Gasteiger partial charge in [-0.2, -0.15) is 4.72 Å². The molecule has 0 saturated carbocycles. The van der Waals surface area contributed by atoms with Crippen LogP contribution in [0.25, 0.3) is 0 Å². The van der Waals surface area contributed by atoms with E-state index in [0.29, 0.717) is 0 Å². The highest BCUT2D eigenvalue weighted by molar-refractivity contribution is 7.89. The number of carboxylic acid groups (broad SMARTS) is 1. The van der Waals surface area contributed by atoms with E-state index < -0.39 is 22.0 Å². The molecule has 1 atom stereocenters. The van der Waals surface area contributed by atoms with Crippen LogP contribution in [0, 0.1) is 5.92 Å². The summed E-state index contributed by atoms with van der Waals surface area (Å²) in [4.78, 5) is 10.9. The van der Waals surface area contributed by atoms with Crippen LogP contribution in [0.1, 0.15) is 20.3 Å². The topological polar surface area (TPSA) is 83.5 Å². The minimum Gasteiger partial charge on any atom is -0.480 e. The molecule has 0 spiro atoms. The van der Waals surface area contributed by atoms with Gasteiger partial charge in [-0.3, -0.25) is 4.79 Å². The second kappa shape index (κ2) is 6.76.